The van der Waals surface area contributed by atoms with Gasteiger partial charge in [0.15, 0.2) is 0 Å². The average Bonchev–Trinajstić information content (AvgIpc) is 3.01. The van der Waals surface area contributed by atoms with Gasteiger partial charge in [-0.1, -0.05) is 18.2 Å². The summed E-state index contributed by atoms with van der Waals surface area (Å²) in [5.41, 5.74) is 1.01. The Morgan fingerprint density at radius 3 is 2.48 bits per heavy atom. The van der Waals surface area contributed by atoms with E-state index in [0.717, 1.165) is 5.56 Å². The second-order valence-corrected chi connectivity index (χ2v) is 5.53. The Morgan fingerprint density at radius 1 is 1.13 bits per heavy atom. The zero-order valence-electron chi connectivity index (χ0n) is 12.2. The monoisotopic (exact) mass is 314 g/mol. The zero-order valence-corrected chi connectivity index (χ0v) is 12.2. The van der Waals surface area contributed by atoms with Crippen molar-refractivity contribution in [1.82, 2.24) is 9.88 Å². The molecule has 2 aromatic rings. The fourth-order valence-electron chi connectivity index (χ4n) is 2.92. The minimum atomic E-state index is -0.962. The van der Waals surface area contributed by atoms with Crippen LogP contribution in [0.15, 0.2) is 48.7 Å². The molecule has 1 N–H and O–H groups in total. The first-order valence-corrected chi connectivity index (χ1v) is 7.25. The number of rotatable bonds is 3. The number of carbonyl (C=O) groups is 2. The van der Waals surface area contributed by atoms with Crippen LogP contribution in [0.2, 0.25) is 0 Å². The number of nitrogens with zero attached hydrogens (tertiary/aromatic N) is 2. The van der Waals surface area contributed by atoms with Crippen molar-refractivity contribution in [3.8, 4) is 0 Å². The first kappa shape index (κ1) is 15.1. The maximum Gasteiger partial charge on any atom is 0.308 e. The molecule has 6 heteroatoms. The van der Waals surface area contributed by atoms with Gasteiger partial charge in [-0.15, -0.1) is 0 Å². The van der Waals surface area contributed by atoms with Crippen LogP contribution in [-0.4, -0.2) is 40.0 Å². The SMILES string of the molecule is O=C(O)[C@H]1CN(C(=O)c2ccccn2)C[C@@H]1c1ccc(F)cc1. The lowest BCUT2D eigenvalue weighted by Gasteiger charge is -2.16. The number of aromatic nitrogens is 1. The summed E-state index contributed by atoms with van der Waals surface area (Å²) < 4.78 is 13.1. The summed E-state index contributed by atoms with van der Waals surface area (Å²) in [7, 11) is 0. The summed E-state index contributed by atoms with van der Waals surface area (Å²) >= 11 is 0. The highest BCUT2D eigenvalue weighted by Crippen LogP contribution is 2.33. The third kappa shape index (κ3) is 3.06. The number of carbonyl (C=O) groups excluding carboxylic acids is 1. The largest absolute Gasteiger partial charge is 0.481 e. The van der Waals surface area contributed by atoms with Crippen molar-refractivity contribution in [2.45, 2.75) is 5.92 Å². The van der Waals surface area contributed by atoms with Gasteiger partial charge in [0.2, 0.25) is 0 Å². The van der Waals surface area contributed by atoms with E-state index in [9.17, 15) is 19.1 Å². The van der Waals surface area contributed by atoms with Crippen LogP contribution < -0.4 is 0 Å². The molecule has 0 radical (unpaired) electrons. The highest BCUT2D eigenvalue weighted by Gasteiger charge is 2.40. The predicted molar refractivity (Wildman–Crippen MR) is 80.4 cm³/mol. The van der Waals surface area contributed by atoms with Gasteiger partial charge < -0.3 is 10.0 Å². The Labute approximate surface area is 132 Å². The quantitative estimate of drug-likeness (QED) is 0.942. The Kier molecular flexibility index (Phi) is 4.06. The Bertz CT molecular complexity index is 718. The van der Waals surface area contributed by atoms with Crippen molar-refractivity contribution < 1.29 is 19.1 Å². The van der Waals surface area contributed by atoms with Gasteiger partial charge in [-0.2, -0.15) is 0 Å². The molecule has 1 aromatic heterocycles. The first-order valence-electron chi connectivity index (χ1n) is 7.25. The highest BCUT2D eigenvalue weighted by atomic mass is 19.1. The maximum absolute atomic E-state index is 13.1. The summed E-state index contributed by atoms with van der Waals surface area (Å²) in [6.07, 6.45) is 1.52. The number of benzene rings is 1. The summed E-state index contributed by atoms with van der Waals surface area (Å²) in [5, 5.41) is 9.44. The minimum Gasteiger partial charge on any atom is -0.481 e. The smallest absolute Gasteiger partial charge is 0.308 e. The third-order valence-corrected chi connectivity index (χ3v) is 4.11. The molecule has 2 heterocycles. The van der Waals surface area contributed by atoms with Crippen molar-refractivity contribution >= 4 is 11.9 Å². The van der Waals surface area contributed by atoms with E-state index in [0.29, 0.717) is 0 Å². The number of amides is 1. The summed E-state index contributed by atoms with van der Waals surface area (Å²) in [5.74, 6) is -2.70. The molecule has 0 aliphatic carbocycles. The van der Waals surface area contributed by atoms with E-state index in [2.05, 4.69) is 4.98 Å². The molecule has 5 nitrogen and oxygen atoms in total. The summed E-state index contributed by atoms with van der Waals surface area (Å²) in [6.45, 7) is 0.394. The topological polar surface area (TPSA) is 70.5 Å². The molecular formula is C17H15FN2O3. The van der Waals surface area contributed by atoms with Gasteiger partial charge >= 0.3 is 5.97 Å². The van der Waals surface area contributed by atoms with E-state index < -0.39 is 11.9 Å². The molecule has 1 saturated heterocycles. The number of carboxylic acids is 1. The van der Waals surface area contributed by atoms with Crippen molar-refractivity contribution in [1.29, 1.82) is 0 Å². The molecule has 3 rings (SSSR count). The van der Waals surface area contributed by atoms with E-state index in [1.165, 1.54) is 23.2 Å². The van der Waals surface area contributed by atoms with Gasteiger partial charge in [0, 0.05) is 25.2 Å². The van der Waals surface area contributed by atoms with Crippen LogP contribution in [0.3, 0.4) is 0 Å². The lowest BCUT2D eigenvalue weighted by molar-refractivity contribution is -0.141. The lowest BCUT2D eigenvalue weighted by atomic mass is 9.89. The van der Waals surface area contributed by atoms with E-state index in [4.69, 9.17) is 0 Å². The second-order valence-electron chi connectivity index (χ2n) is 5.53. The first-order chi connectivity index (χ1) is 11.1. The Hall–Kier alpha value is -2.76. The number of aliphatic carboxylic acids is 1. The van der Waals surface area contributed by atoms with Crippen molar-refractivity contribution in [2.75, 3.05) is 13.1 Å². The summed E-state index contributed by atoms with van der Waals surface area (Å²) in [6, 6.07) is 10.8. The lowest BCUT2D eigenvalue weighted by Crippen LogP contribution is -2.30. The molecule has 118 valence electrons. The molecule has 1 aliphatic heterocycles. The normalized spacial score (nSPS) is 20.5. The fourth-order valence-corrected chi connectivity index (χ4v) is 2.92. The predicted octanol–water partition coefficient (Wildman–Crippen LogP) is 2.16. The second kappa shape index (κ2) is 6.16. The Morgan fingerprint density at radius 2 is 1.87 bits per heavy atom. The van der Waals surface area contributed by atoms with Gasteiger partial charge in [-0.3, -0.25) is 14.6 Å². The minimum absolute atomic E-state index is 0.118. The summed E-state index contributed by atoms with van der Waals surface area (Å²) in [4.78, 5) is 29.5. The van der Waals surface area contributed by atoms with E-state index in [-0.39, 0.29) is 36.4 Å². The van der Waals surface area contributed by atoms with Crippen LogP contribution in [-0.2, 0) is 4.79 Å². The van der Waals surface area contributed by atoms with Crippen LogP contribution >= 0.6 is 0 Å². The highest BCUT2D eigenvalue weighted by molar-refractivity contribution is 5.93. The van der Waals surface area contributed by atoms with E-state index >= 15 is 0 Å². The number of hydrogen-bond donors (Lipinski definition) is 1. The van der Waals surface area contributed by atoms with Gasteiger partial charge in [0.25, 0.3) is 5.91 Å². The molecule has 2 atom stereocenters. The third-order valence-electron chi connectivity index (χ3n) is 4.11. The molecule has 1 fully saturated rings. The van der Waals surface area contributed by atoms with Crippen molar-refractivity contribution in [2.24, 2.45) is 5.92 Å². The van der Waals surface area contributed by atoms with Gasteiger partial charge in [-0.05, 0) is 29.8 Å². The molecular weight excluding hydrogens is 299 g/mol. The van der Waals surface area contributed by atoms with Crippen LogP contribution in [0, 0.1) is 11.7 Å². The number of hydrogen-bond acceptors (Lipinski definition) is 3. The van der Waals surface area contributed by atoms with Gasteiger partial charge in [0.05, 0.1) is 5.92 Å². The molecule has 1 aliphatic rings. The standard InChI is InChI=1S/C17H15FN2O3/c18-12-6-4-11(5-7-12)13-9-20(10-14(13)17(22)23)16(21)15-3-1-2-8-19-15/h1-8,13-14H,9-10H2,(H,22,23)/t13-,14+/m1/s1. The van der Waals surface area contributed by atoms with Gasteiger partial charge in [0.1, 0.15) is 11.5 Å². The van der Waals surface area contributed by atoms with Crippen LogP contribution in [0.4, 0.5) is 4.39 Å². The molecule has 1 aromatic carbocycles. The number of likely N-dealkylation sites (tertiary alicyclic amines) is 1. The zero-order chi connectivity index (χ0) is 16.4. The average molecular weight is 314 g/mol. The Balaban J connectivity index is 1.85. The van der Waals surface area contributed by atoms with Crippen LogP contribution in [0.1, 0.15) is 22.0 Å². The van der Waals surface area contributed by atoms with E-state index in [1.807, 2.05) is 0 Å². The van der Waals surface area contributed by atoms with Crippen molar-refractivity contribution in [3.63, 3.8) is 0 Å². The molecule has 0 spiro atoms. The molecule has 0 saturated carbocycles. The van der Waals surface area contributed by atoms with Crippen LogP contribution in [0.25, 0.3) is 0 Å². The number of halogens is 1. The van der Waals surface area contributed by atoms with E-state index in [1.54, 1.807) is 30.3 Å². The molecule has 0 unspecified atom stereocenters. The number of carboxylic acid groups (broad SMARTS) is 1. The van der Waals surface area contributed by atoms with Gasteiger partial charge in [-0.25, -0.2) is 4.39 Å². The van der Waals surface area contributed by atoms with Crippen molar-refractivity contribution in [3.05, 3.63) is 65.7 Å². The molecule has 23 heavy (non-hydrogen) atoms. The fraction of sp³-hybridized carbons (Fsp3) is 0.235. The molecule has 1 amide bonds. The maximum atomic E-state index is 13.1. The van der Waals surface area contributed by atoms with Crippen LogP contribution in [0.5, 0.6) is 0 Å². The molecule has 0 bridgehead atoms. The number of pyridine rings is 1.